The second kappa shape index (κ2) is 4.79. The zero-order chi connectivity index (χ0) is 13.3. The predicted octanol–water partition coefficient (Wildman–Crippen LogP) is 0.00210. The van der Waals surface area contributed by atoms with E-state index >= 15 is 0 Å². The quantitative estimate of drug-likeness (QED) is 0.835. The third kappa shape index (κ3) is 2.31. The van der Waals surface area contributed by atoms with Crippen LogP contribution in [0.3, 0.4) is 0 Å². The fraction of sp³-hybridized carbons (Fsp3) is 0.600. The minimum Gasteiger partial charge on any atom is -0.368 e. The van der Waals surface area contributed by atoms with Gasteiger partial charge in [-0.1, -0.05) is 0 Å². The Kier molecular flexibility index (Phi) is 3.51. The van der Waals surface area contributed by atoms with Gasteiger partial charge in [0.1, 0.15) is 0 Å². The minimum absolute atomic E-state index is 0.168. The molecule has 1 aliphatic rings. The summed E-state index contributed by atoms with van der Waals surface area (Å²) in [5.41, 5.74) is 6.20. The number of rotatable bonds is 3. The second-order valence-corrected chi connectivity index (χ2v) is 6.49. The van der Waals surface area contributed by atoms with Crippen LogP contribution in [0.2, 0.25) is 0 Å². The molecule has 0 unspecified atom stereocenters. The smallest absolute Gasteiger partial charge is 0.282 e. The number of nitrogens with zero attached hydrogens (tertiary/aromatic N) is 4. The summed E-state index contributed by atoms with van der Waals surface area (Å²) < 4.78 is 27.0. The Bertz CT molecular complexity index is 531. The van der Waals surface area contributed by atoms with Crippen LogP contribution in [0.4, 0.5) is 5.95 Å². The van der Waals surface area contributed by atoms with Gasteiger partial charge in [0.15, 0.2) is 0 Å². The number of hydrogen-bond acceptors (Lipinski definition) is 5. The van der Waals surface area contributed by atoms with E-state index in [2.05, 4.69) is 9.97 Å². The molecule has 1 aromatic heterocycles. The monoisotopic (exact) mass is 271 g/mol. The highest BCUT2D eigenvalue weighted by Crippen LogP contribution is 2.33. The Morgan fingerprint density at radius 1 is 1.50 bits per heavy atom. The largest absolute Gasteiger partial charge is 0.368 e. The van der Waals surface area contributed by atoms with E-state index in [1.54, 1.807) is 12.3 Å². The molecule has 1 atom stereocenters. The molecule has 0 saturated carbocycles. The maximum atomic E-state index is 12.2. The van der Waals surface area contributed by atoms with E-state index in [1.165, 1.54) is 22.7 Å². The van der Waals surface area contributed by atoms with E-state index in [9.17, 15) is 8.42 Å². The molecule has 1 aromatic rings. The molecule has 0 aliphatic carbocycles. The first-order chi connectivity index (χ1) is 8.43. The fourth-order valence-electron chi connectivity index (χ4n) is 2.10. The van der Waals surface area contributed by atoms with E-state index < -0.39 is 10.2 Å². The van der Waals surface area contributed by atoms with Crippen molar-refractivity contribution in [3.63, 3.8) is 0 Å². The fourth-order valence-corrected chi connectivity index (χ4v) is 3.41. The molecule has 0 spiro atoms. The van der Waals surface area contributed by atoms with Crippen molar-refractivity contribution in [3.05, 3.63) is 18.0 Å². The molecule has 0 amide bonds. The average molecular weight is 271 g/mol. The van der Waals surface area contributed by atoms with Crippen LogP contribution < -0.4 is 5.73 Å². The van der Waals surface area contributed by atoms with Gasteiger partial charge in [-0.2, -0.15) is 17.0 Å². The van der Waals surface area contributed by atoms with Crippen LogP contribution >= 0.6 is 0 Å². The molecule has 1 fully saturated rings. The third-order valence-electron chi connectivity index (χ3n) is 3.00. The summed E-state index contributed by atoms with van der Waals surface area (Å²) in [4.78, 5) is 7.94. The number of nitrogens with two attached hydrogens (primary N) is 1. The number of nitrogen functional groups attached to an aromatic ring is 1. The SMILES string of the molecule is CN(C)S(=O)(=O)N1CCC[C@H]1c1ccnc(N)n1. The lowest BCUT2D eigenvalue weighted by Gasteiger charge is -2.26. The van der Waals surface area contributed by atoms with Crippen molar-refractivity contribution in [1.29, 1.82) is 0 Å². The van der Waals surface area contributed by atoms with E-state index in [-0.39, 0.29) is 12.0 Å². The zero-order valence-corrected chi connectivity index (χ0v) is 11.3. The minimum atomic E-state index is -3.42. The molecule has 1 saturated heterocycles. The van der Waals surface area contributed by atoms with Gasteiger partial charge in [0.05, 0.1) is 11.7 Å². The molecule has 7 nitrogen and oxygen atoms in total. The van der Waals surface area contributed by atoms with Crippen LogP contribution in [-0.2, 0) is 10.2 Å². The summed E-state index contributed by atoms with van der Waals surface area (Å²) in [7, 11) is -0.368. The first-order valence-electron chi connectivity index (χ1n) is 5.70. The Labute approximate surface area is 107 Å². The van der Waals surface area contributed by atoms with Crippen LogP contribution in [0.25, 0.3) is 0 Å². The van der Waals surface area contributed by atoms with E-state index in [0.717, 1.165) is 12.8 Å². The van der Waals surface area contributed by atoms with Crippen molar-refractivity contribution in [1.82, 2.24) is 18.6 Å². The molecule has 0 aromatic carbocycles. The number of hydrogen-bond donors (Lipinski definition) is 1. The maximum absolute atomic E-state index is 12.2. The van der Waals surface area contributed by atoms with Crippen molar-refractivity contribution in [2.24, 2.45) is 0 Å². The molecular weight excluding hydrogens is 254 g/mol. The van der Waals surface area contributed by atoms with Crippen molar-refractivity contribution >= 4 is 16.2 Å². The second-order valence-electron chi connectivity index (χ2n) is 4.40. The Morgan fingerprint density at radius 3 is 2.83 bits per heavy atom. The molecule has 0 radical (unpaired) electrons. The summed E-state index contributed by atoms with van der Waals surface area (Å²) in [6, 6.07) is 1.47. The summed E-state index contributed by atoms with van der Waals surface area (Å²) in [5, 5.41) is 0. The van der Waals surface area contributed by atoms with Gasteiger partial charge in [0, 0.05) is 26.8 Å². The van der Waals surface area contributed by atoms with Crippen LogP contribution in [-0.4, -0.2) is 47.6 Å². The number of aromatic nitrogens is 2. The average Bonchev–Trinajstić information content (AvgIpc) is 2.78. The van der Waals surface area contributed by atoms with Gasteiger partial charge < -0.3 is 5.73 Å². The van der Waals surface area contributed by atoms with Crippen molar-refractivity contribution < 1.29 is 8.42 Å². The molecule has 1 aliphatic heterocycles. The maximum Gasteiger partial charge on any atom is 0.282 e. The highest BCUT2D eigenvalue weighted by Gasteiger charge is 2.37. The topological polar surface area (TPSA) is 92.4 Å². The first kappa shape index (κ1) is 13.2. The molecule has 18 heavy (non-hydrogen) atoms. The lowest BCUT2D eigenvalue weighted by molar-refractivity contribution is 0.358. The molecule has 100 valence electrons. The Hall–Kier alpha value is -1.25. The van der Waals surface area contributed by atoms with Crippen LogP contribution in [0, 0.1) is 0 Å². The van der Waals surface area contributed by atoms with E-state index in [4.69, 9.17) is 5.73 Å². The van der Waals surface area contributed by atoms with Crippen molar-refractivity contribution in [2.75, 3.05) is 26.4 Å². The van der Waals surface area contributed by atoms with Crippen molar-refractivity contribution in [3.8, 4) is 0 Å². The lowest BCUT2D eigenvalue weighted by Crippen LogP contribution is -2.39. The van der Waals surface area contributed by atoms with Gasteiger partial charge in [-0.25, -0.2) is 9.97 Å². The molecular formula is C10H17N5O2S. The Balaban J connectivity index is 2.34. The van der Waals surface area contributed by atoms with E-state index in [0.29, 0.717) is 12.2 Å². The summed E-state index contributed by atoms with van der Waals surface area (Å²) in [5.74, 6) is 0.168. The van der Waals surface area contributed by atoms with Gasteiger partial charge in [-0.15, -0.1) is 0 Å². The standard InChI is InChI=1S/C10H17N5O2S/c1-14(2)18(16,17)15-7-3-4-9(15)8-5-6-12-10(11)13-8/h5-6,9H,3-4,7H2,1-2H3,(H2,11,12,13)/t9-/m0/s1. The lowest BCUT2D eigenvalue weighted by atomic mass is 10.1. The normalized spacial score (nSPS) is 21.6. The number of anilines is 1. The van der Waals surface area contributed by atoms with Gasteiger partial charge in [-0.3, -0.25) is 0 Å². The molecule has 2 N–H and O–H groups in total. The van der Waals surface area contributed by atoms with E-state index in [1.807, 2.05) is 0 Å². The summed E-state index contributed by atoms with van der Waals surface area (Å²) in [6.45, 7) is 0.509. The highest BCUT2D eigenvalue weighted by molar-refractivity contribution is 7.86. The summed E-state index contributed by atoms with van der Waals surface area (Å²) >= 11 is 0. The van der Waals surface area contributed by atoms with Crippen LogP contribution in [0.5, 0.6) is 0 Å². The zero-order valence-electron chi connectivity index (χ0n) is 10.4. The molecule has 0 bridgehead atoms. The highest BCUT2D eigenvalue weighted by atomic mass is 32.2. The summed E-state index contributed by atoms with van der Waals surface area (Å²) in [6.07, 6.45) is 3.13. The van der Waals surface area contributed by atoms with Crippen molar-refractivity contribution in [2.45, 2.75) is 18.9 Å². The first-order valence-corrected chi connectivity index (χ1v) is 7.10. The van der Waals surface area contributed by atoms with Gasteiger partial charge in [0.25, 0.3) is 10.2 Å². The predicted molar refractivity (Wildman–Crippen MR) is 67.7 cm³/mol. The Morgan fingerprint density at radius 2 is 2.22 bits per heavy atom. The van der Waals surface area contributed by atoms with Crippen LogP contribution in [0.1, 0.15) is 24.6 Å². The third-order valence-corrected chi connectivity index (χ3v) is 4.95. The van der Waals surface area contributed by atoms with Gasteiger partial charge >= 0.3 is 0 Å². The molecule has 2 rings (SSSR count). The molecule has 8 heteroatoms. The van der Waals surface area contributed by atoms with Gasteiger partial charge in [-0.05, 0) is 18.9 Å². The molecule has 2 heterocycles. The van der Waals surface area contributed by atoms with Gasteiger partial charge in [0.2, 0.25) is 5.95 Å². The van der Waals surface area contributed by atoms with Crippen LogP contribution in [0.15, 0.2) is 12.3 Å².